The van der Waals surface area contributed by atoms with Gasteiger partial charge in [-0.25, -0.2) is 9.59 Å². The van der Waals surface area contributed by atoms with Crippen LogP contribution in [0.1, 0.15) is 58.9 Å². The second kappa shape index (κ2) is 13.7. The van der Waals surface area contributed by atoms with Gasteiger partial charge in [0.2, 0.25) is 5.91 Å². The van der Waals surface area contributed by atoms with E-state index in [4.69, 9.17) is 21.7 Å². The number of anilines is 1. The van der Waals surface area contributed by atoms with E-state index >= 15 is 0 Å². The third kappa shape index (κ3) is 7.99. The molecular formula is C27H28N2O6S2. The van der Waals surface area contributed by atoms with Gasteiger partial charge in [-0.15, -0.1) is 0 Å². The van der Waals surface area contributed by atoms with Crippen molar-refractivity contribution in [3.05, 3.63) is 70.1 Å². The van der Waals surface area contributed by atoms with Gasteiger partial charge >= 0.3 is 11.9 Å². The maximum Gasteiger partial charge on any atom is 0.338 e. The van der Waals surface area contributed by atoms with Gasteiger partial charge in [-0.1, -0.05) is 42.5 Å². The third-order valence-electron chi connectivity index (χ3n) is 5.47. The molecular weight excluding hydrogens is 512 g/mol. The fraction of sp³-hybridized carbons (Fsp3) is 0.296. The molecule has 0 bridgehead atoms. The first-order valence-electron chi connectivity index (χ1n) is 11.8. The zero-order chi connectivity index (χ0) is 26.8. The highest BCUT2D eigenvalue weighted by atomic mass is 32.2. The van der Waals surface area contributed by atoms with Gasteiger partial charge in [-0.05, 0) is 67.8 Å². The summed E-state index contributed by atoms with van der Waals surface area (Å²) in [6, 6.07) is 13.3. The van der Waals surface area contributed by atoms with Crippen molar-refractivity contribution in [2.75, 3.05) is 25.6 Å². The van der Waals surface area contributed by atoms with E-state index in [9.17, 15) is 19.2 Å². The molecule has 10 heteroatoms. The van der Waals surface area contributed by atoms with Crippen LogP contribution < -0.4 is 5.32 Å². The van der Waals surface area contributed by atoms with Crippen LogP contribution >= 0.6 is 24.0 Å². The van der Waals surface area contributed by atoms with Gasteiger partial charge in [-0.3, -0.25) is 14.5 Å². The van der Waals surface area contributed by atoms with E-state index < -0.39 is 11.9 Å². The number of hydrogen-bond acceptors (Lipinski definition) is 8. The summed E-state index contributed by atoms with van der Waals surface area (Å²) in [6.07, 6.45) is 4.25. The molecule has 0 aromatic heterocycles. The molecule has 2 aromatic carbocycles. The van der Waals surface area contributed by atoms with Crippen LogP contribution in [0.3, 0.4) is 0 Å². The first-order chi connectivity index (χ1) is 17.8. The Morgan fingerprint density at radius 3 is 2.27 bits per heavy atom. The van der Waals surface area contributed by atoms with E-state index in [2.05, 4.69) is 5.32 Å². The fourth-order valence-corrected chi connectivity index (χ4v) is 4.85. The van der Waals surface area contributed by atoms with Crippen LogP contribution in [-0.4, -0.2) is 53.2 Å². The summed E-state index contributed by atoms with van der Waals surface area (Å²) in [5.41, 5.74) is 2.27. The Morgan fingerprint density at radius 1 is 0.973 bits per heavy atom. The van der Waals surface area contributed by atoms with E-state index in [0.29, 0.717) is 52.0 Å². The summed E-state index contributed by atoms with van der Waals surface area (Å²) in [5.74, 6) is -1.07. The van der Waals surface area contributed by atoms with Gasteiger partial charge in [0.15, 0.2) is 0 Å². The summed E-state index contributed by atoms with van der Waals surface area (Å²) in [5, 5.41) is 2.82. The van der Waals surface area contributed by atoms with Crippen molar-refractivity contribution in [3.63, 3.8) is 0 Å². The van der Waals surface area contributed by atoms with Crippen molar-refractivity contribution >= 4 is 63.8 Å². The van der Waals surface area contributed by atoms with Crippen molar-refractivity contribution in [2.24, 2.45) is 0 Å². The molecule has 0 aliphatic carbocycles. The van der Waals surface area contributed by atoms with Gasteiger partial charge in [0.05, 0.1) is 29.7 Å². The minimum Gasteiger partial charge on any atom is -0.465 e. The molecule has 2 amide bonds. The largest absolute Gasteiger partial charge is 0.465 e. The molecule has 1 aliphatic heterocycles. The fourth-order valence-electron chi connectivity index (χ4n) is 3.54. The minimum absolute atomic E-state index is 0.115. The highest BCUT2D eigenvalue weighted by Gasteiger charge is 2.31. The molecule has 0 spiro atoms. The van der Waals surface area contributed by atoms with E-state index in [1.165, 1.54) is 18.9 Å². The van der Waals surface area contributed by atoms with Crippen molar-refractivity contribution < 1.29 is 28.7 Å². The van der Waals surface area contributed by atoms with E-state index in [0.717, 1.165) is 18.4 Å². The number of benzene rings is 2. The van der Waals surface area contributed by atoms with E-state index in [1.54, 1.807) is 66.4 Å². The number of ether oxygens (including phenoxy) is 2. The molecule has 37 heavy (non-hydrogen) atoms. The number of methoxy groups -OCH3 is 1. The highest BCUT2D eigenvalue weighted by molar-refractivity contribution is 8.26. The SMILES string of the molecule is CCOC(=O)c1ccc(NC(=O)CCCCCN2C(=O)/C(=C/c3ccc(C(=O)OC)cc3)SC2=S)cc1. The Morgan fingerprint density at radius 2 is 1.62 bits per heavy atom. The lowest BCUT2D eigenvalue weighted by atomic mass is 10.1. The zero-order valence-electron chi connectivity index (χ0n) is 20.7. The van der Waals surface area contributed by atoms with Gasteiger partial charge in [0.1, 0.15) is 4.32 Å². The van der Waals surface area contributed by atoms with Crippen LogP contribution in [0.4, 0.5) is 5.69 Å². The minimum atomic E-state index is -0.417. The predicted octanol–water partition coefficient (Wildman–Crippen LogP) is 5.05. The number of rotatable bonds is 11. The quantitative estimate of drug-likeness (QED) is 0.183. The number of thiocarbonyl (C=S) groups is 1. The first kappa shape index (κ1) is 28.1. The Labute approximate surface area is 225 Å². The monoisotopic (exact) mass is 540 g/mol. The van der Waals surface area contributed by atoms with Crippen molar-refractivity contribution in [3.8, 4) is 0 Å². The number of thioether (sulfide) groups is 1. The van der Waals surface area contributed by atoms with E-state index in [1.807, 2.05) is 0 Å². The van der Waals surface area contributed by atoms with Crippen LogP contribution in [0.15, 0.2) is 53.4 Å². The van der Waals surface area contributed by atoms with Gasteiger partial charge in [0, 0.05) is 18.7 Å². The lowest BCUT2D eigenvalue weighted by Crippen LogP contribution is -2.29. The molecule has 0 atom stereocenters. The average molecular weight is 541 g/mol. The van der Waals surface area contributed by atoms with Crippen LogP contribution in [0, 0.1) is 0 Å². The molecule has 1 saturated heterocycles. The predicted molar refractivity (Wildman–Crippen MR) is 147 cm³/mol. The highest BCUT2D eigenvalue weighted by Crippen LogP contribution is 2.32. The number of nitrogens with zero attached hydrogens (tertiary/aromatic N) is 1. The van der Waals surface area contributed by atoms with Crippen LogP contribution in [0.5, 0.6) is 0 Å². The van der Waals surface area contributed by atoms with Crippen LogP contribution in [0.2, 0.25) is 0 Å². The lowest BCUT2D eigenvalue weighted by Gasteiger charge is -2.14. The summed E-state index contributed by atoms with van der Waals surface area (Å²) in [4.78, 5) is 50.4. The number of esters is 2. The number of nitrogens with one attached hydrogen (secondary N) is 1. The molecule has 0 saturated carbocycles. The Balaban J connectivity index is 1.40. The maximum atomic E-state index is 12.8. The summed E-state index contributed by atoms with van der Waals surface area (Å²) in [7, 11) is 1.33. The zero-order valence-corrected chi connectivity index (χ0v) is 22.3. The van der Waals surface area contributed by atoms with Crippen molar-refractivity contribution in [2.45, 2.75) is 32.6 Å². The van der Waals surface area contributed by atoms with Crippen molar-refractivity contribution in [1.82, 2.24) is 4.90 Å². The first-order valence-corrected chi connectivity index (χ1v) is 13.1. The van der Waals surface area contributed by atoms with Crippen LogP contribution in [-0.2, 0) is 19.1 Å². The van der Waals surface area contributed by atoms with Gasteiger partial charge in [0.25, 0.3) is 5.91 Å². The summed E-state index contributed by atoms with van der Waals surface area (Å²) in [6.45, 7) is 2.54. The molecule has 194 valence electrons. The topological polar surface area (TPSA) is 102 Å². The molecule has 2 aromatic rings. The molecule has 0 unspecified atom stereocenters. The molecule has 3 rings (SSSR count). The Bertz CT molecular complexity index is 1190. The average Bonchev–Trinajstić information content (AvgIpc) is 3.16. The standard InChI is InChI=1S/C27H28N2O6S2/c1-3-35-26(33)20-12-14-21(15-13-20)28-23(30)7-5-4-6-16-29-24(31)22(37-27(29)36)17-18-8-10-19(11-9-18)25(32)34-2/h8-15,17H,3-7,16H2,1-2H3,(H,28,30)/b22-17-. The number of carbonyl (C=O) groups excluding carboxylic acids is 4. The Hall–Kier alpha value is -3.50. The molecule has 0 radical (unpaired) electrons. The second-order valence-electron chi connectivity index (χ2n) is 8.10. The molecule has 1 heterocycles. The molecule has 8 nitrogen and oxygen atoms in total. The number of carbonyl (C=O) groups is 4. The summed E-state index contributed by atoms with van der Waals surface area (Å²) >= 11 is 6.64. The number of hydrogen-bond donors (Lipinski definition) is 1. The normalized spacial score (nSPS) is 14.1. The molecule has 1 fully saturated rings. The van der Waals surface area contributed by atoms with Gasteiger partial charge in [-0.2, -0.15) is 0 Å². The smallest absolute Gasteiger partial charge is 0.338 e. The second-order valence-corrected chi connectivity index (χ2v) is 9.78. The van der Waals surface area contributed by atoms with Crippen LogP contribution in [0.25, 0.3) is 6.08 Å². The number of unbranched alkanes of at least 4 members (excludes halogenated alkanes) is 2. The Kier molecular flexibility index (Phi) is 10.4. The maximum absolute atomic E-state index is 12.8. The lowest BCUT2D eigenvalue weighted by molar-refractivity contribution is -0.122. The molecule has 1 N–H and O–H groups in total. The van der Waals surface area contributed by atoms with Crippen molar-refractivity contribution in [1.29, 1.82) is 0 Å². The third-order valence-corrected chi connectivity index (χ3v) is 6.85. The number of amides is 2. The summed E-state index contributed by atoms with van der Waals surface area (Å²) < 4.78 is 10.1. The molecule has 1 aliphatic rings. The van der Waals surface area contributed by atoms with Gasteiger partial charge < -0.3 is 14.8 Å². The van der Waals surface area contributed by atoms with E-state index in [-0.39, 0.29) is 11.8 Å².